The summed E-state index contributed by atoms with van der Waals surface area (Å²) < 4.78 is 0. The molecule has 1 amide bonds. The minimum Gasteiger partial charge on any atom is -0.396 e. The molecule has 0 bridgehead atoms. The summed E-state index contributed by atoms with van der Waals surface area (Å²) in [6.45, 7) is 6.69. The van der Waals surface area contributed by atoms with E-state index in [1.54, 1.807) is 0 Å². The van der Waals surface area contributed by atoms with Crippen molar-refractivity contribution in [2.24, 2.45) is 11.8 Å². The van der Waals surface area contributed by atoms with Gasteiger partial charge in [0.05, 0.1) is 0 Å². The number of hydrogen-bond donors (Lipinski definition) is 2. The Morgan fingerprint density at radius 3 is 2.57 bits per heavy atom. The molecule has 0 fully saturated rings. The van der Waals surface area contributed by atoms with Gasteiger partial charge >= 0.3 is 0 Å². The molecule has 0 spiro atoms. The lowest BCUT2D eigenvalue weighted by Crippen LogP contribution is -2.33. The van der Waals surface area contributed by atoms with Gasteiger partial charge in [0.15, 0.2) is 0 Å². The number of amides is 1. The van der Waals surface area contributed by atoms with Crippen LogP contribution in [0, 0.1) is 11.8 Å². The molecule has 2 atom stereocenters. The quantitative estimate of drug-likeness (QED) is 0.656. The molecule has 0 aromatic carbocycles. The molecule has 14 heavy (non-hydrogen) atoms. The van der Waals surface area contributed by atoms with Crippen LogP contribution in [0.15, 0.2) is 0 Å². The monoisotopic (exact) mass is 201 g/mol. The summed E-state index contributed by atoms with van der Waals surface area (Å²) in [5.41, 5.74) is 0. The van der Waals surface area contributed by atoms with Gasteiger partial charge in [-0.05, 0) is 12.3 Å². The van der Waals surface area contributed by atoms with Gasteiger partial charge in [-0.15, -0.1) is 0 Å². The number of hydrogen-bond acceptors (Lipinski definition) is 2. The van der Waals surface area contributed by atoms with E-state index in [0.29, 0.717) is 6.54 Å². The number of carbonyl (C=O) groups is 1. The lowest BCUT2D eigenvalue weighted by atomic mass is 10.0. The number of unbranched alkanes of at least 4 members (excludes halogenated alkanes) is 1. The fraction of sp³-hybridized carbons (Fsp3) is 0.909. The maximum Gasteiger partial charge on any atom is 0.222 e. The third kappa shape index (κ3) is 5.97. The van der Waals surface area contributed by atoms with Crippen molar-refractivity contribution in [3.8, 4) is 0 Å². The Labute approximate surface area is 86.9 Å². The van der Waals surface area contributed by atoms with Crippen molar-refractivity contribution in [3.63, 3.8) is 0 Å². The van der Waals surface area contributed by atoms with Crippen molar-refractivity contribution in [1.29, 1.82) is 0 Å². The van der Waals surface area contributed by atoms with Crippen LogP contribution in [0.3, 0.4) is 0 Å². The van der Waals surface area contributed by atoms with Gasteiger partial charge in [0.25, 0.3) is 0 Å². The Bertz CT molecular complexity index is 159. The fourth-order valence-electron chi connectivity index (χ4n) is 1.16. The van der Waals surface area contributed by atoms with Crippen molar-refractivity contribution >= 4 is 5.91 Å². The van der Waals surface area contributed by atoms with Crippen molar-refractivity contribution in [2.75, 3.05) is 13.2 Å². The van der Waals surface area contributed by atoms with Crippen LogP contribution >= 0.6 is 0 Å². The van der Waals surface area contributed by atoms with E-state index in [2.05, 4.69) is 12.2 Å². The van der Waals surface area contributed by atoms with E-state index in [9.17, 15) is 4.79 Å². The van der Waals surface area contributed by atoms with Gasteiger partial charge in [-0.2, -0.15) is 0 Å². The van der Waals surface area contributed by atoms with Crippen molar-refractivity contribution in [3.05, 3.63) is 0 Å². The number of aliphatic hydroxyl groups is 1. The number of carbonyl (C=O) groups excluding carboxylic acids is 1. The van der Waals surface area contributed by atoms with Crippen molar-refractivity contribution in [2.45, 2.75) is 40.0 Å². The van der Waals surface area contributed by atoms with Crippen LogP contribution in [0.5, 0.6) is 0 Å². The minimum atomic E-state index is 0.0980. The average molecular weight is 201 g/mol. The number of rotatable bonds is 7. The second kappa shape index (κ2) is 7.80. The van der Waals surface area contributed by atoms with Crippen LogP contribution < -0.4 is 5.32 Å². The largest absolute Gasteiger partial charge is 0.396 e. The number of aliphatic hydroxyl groups excluding tert-OH is 1. The molecule has 0 aliphatic heterocycles. The van der Waals surface area contributed by atoms with Crippen LogP contribution in [0.4, 0.5) is 0 Å². The van der Waals surface area contributed by atoms with E-state index < -0.39 is 0 Å². The second-order valence-electron chi connectivity index (χ2n) is 4.08. The van der Waals surface area contributed by atoms with Gasteiger partial charge < -0.3 is 10.4 Å². The highest BCUT2D eigenvalue weighted by atomic mass is 16.3. The molecule has 0 saturated heterocycles. The third-order valence-corrected chi connectivity index (χ3v) is 2.37. The van der Waals surface area contributed by atoms with E-state index in [-0.39, 0.29) is 24.3 Å². The smallest absolute Gasteiger partial charge is 0.222 e. The van der Waals surface area contributed by atoms with Crippen molar-refractivity contribution < 1.29 is 9.90 Å². The van der Waals surface area contributed by atoms with Gasteiger partial charge in [0.2, 0.25) is 5.91 Å². The molecule has 0 heterocycles. The molecule has 0 aromatic heterocycles. The first-order valence-electron chi connectivity index (χ1n) is 5.50. The molecule has 0 saturated carbocycles. The van der Waals surface area contributed by atoms with Crippen LogP contribution in [0.2, 0.25) is 0 Å². The van der Waals surface area contributed by atoms with E-state index in [1.807, 2.05) is 13.8 Å². The van der Waals surface area contributed by atoms with Gasteiger partial charge in [-0.1, -0.05) is 33.6 Å². The van der Waals surface area contributed by atoms with E-state index in [4.69, 9.17) is 5.11 Å². The normalized spacial score (nSPS) is 14.9. The Morgan fingerprint density at radius 1 is 1.43 bits per heavy atom. The fourth-order valence-corrected chi connectivity index (χ4v) is 1.16. The van der Waals surface area contributed by atoms with Gasteiger partial charge in [0.1, 0.15) is 0 Å². The SMILES string of the molecule is CCCCC(C)C(=O)NCC(C)CO. The summed E-state index contributed by atoms with van der Waals surface area (Å²) in [5.74, 6) is 0.358. The summed E-state index contributed by atoms with van der Waals surface area (Å²) >= 11 is 0. The molecular formula is C11H23NO2. The summed E-state index contributed by atoms with van der Waals surface area (Å²) in [6, 6.07) is 0. The minimum absolute atomic E-state index is 0.0980. The first-order chi connectivity index (χ1) is 6.61. The molecule has 0 aliphatic carbocycles. The lowest BCUT2D eigenvalue weighted by molar-refractivity contribution is -0.124. The van der Waals surface area contributed by atoms with Crippen LogP contribution in [-0.4, -0.2) is 24.2 Å². The Hall–Kier alpha value is -0.570. The maximum atomic E-state index is 11.5. The van der Waals surface area contributed by atoms with Crippen LogP contribution in [-0.2, 0) is 4.79 Å². The second-order valence-corrected chi connectivity index (χ2v) is 4.08. The zero-order chi connectivity index (χ0) is 11.0. The van der Waals surface area contributed by atoms with Gasteiger partial charge in [-0.3, -0.25) is 4.79 Å². The Kier molecular flexibility index (Phi) is 7.48. The molecule has 3 heteroatoms. The van der Waals surface area contributed by atoms with E-state index in [0.717, 1.165) is 19.3 Å². The van der Waals surface area contributed by atoms with E-state index >= 15 is 0 Å². The lowest BCUT2D eigenvalue weighted by Gasteiger charge is -2.13. The molecule has 0 aliphatic rings. The molecule has 0 rings (SSSR count). The predicted molar refractivity (Wildman–Crippen MR) is 57.9 cm³/mol. The molecule has 2 N–H and O–H groups in total. The van der Waals surface area contributed by atoms with E-state index in [1.165, 1.54) is 0 Å². The topological polar surface area (TPSA) is 49.3 Å². The van der Waals surface area contributed by atoms with Crippen LogP contribution in [0.25, 0.3) is 0 Å². The summed E-state index contributed by atoms with van der Waals surface area (Å²) in [5, 5.41) is 11.6. The maximum absolute atomic E-state index is 11.5. The zero-order valence-corrected chi connectivity index (χ0v) is 9.55. The molecule has 3 nitrogen and oxygen atoms in total. The van der Waals surface area contributed by atoms with Crippen LogP contribution in [0.1, 0.15) is 40.0 Å². The molecule has 2 unspecified atom stereocenters. The third-order valence-electron chi connectivity index (χ3n) is 2.37. The van der Waals surface area contributed by atoms with Gasteiger partial charge in [0, 0.05) is 19.1 Å². The van der Waals surface area contributed by atoms with Crippen molar-refractivity contribution in [1.82, 2.24) is 5.32 Å². The molecular weight excluding hydrogens is 178 g/mol. The highest BCUT2D eigenvalue weighted by Gasteiger charge is 2.12. The molecule has 84 valence electrons. The Balaban J connectivity index is 3.61. The highest BCUT2D eigenvalue weighted by molar-refractivity contribution is 5.78. The Morgan fingerprint density at radius 2 is 2.07 bits per heavy atom. The summed E-state index contributed by atoms with van der Waals surface area (Å²) in [7, 11) is 0. The first kappa shape index (κ1) is 13.4. The number of nitrogens with one attached hydrogen (secondary N) is 1. The van der Waals surface area contributed by atoms with Gasteiger partial charge in [-0.25, -0.2) is 0 Å². The average Bonchev–Trinajstić information content (AvgIpc) is 2.21. The highest BCUT2D eigenvalue weighted by Crippen LogP contribution is 2.07. The molecule has 0 radical (unpaired) electrons. The predicted octanol–water partition coefficient (Wildman–Crippen LogP) is 1.56. The summed E-state index contributed by atoms with van der Waals surface area (Å²) in [4.78, 5) is 11.5. The zero-order valence-electron chi connectivity index (χ0n) is 9.55. The standard InChI is InChI=1S/C11H23NO2/c1-4-5-6-10(3)11(14)12-7-9(2)8-13/h9-10,13H,4-8H2,1-3H3,(H,12,14). The summed E-state index contributed by atoms with van der Waals surface area (Å²) in [6.07, 6.45) is 3.19. The molecule has 0 aromatic rings. The first-order valence-corrected chi connectivity index (χ1v) is 5.50.